The molecule has 0 aromatic heterocycles. The largest absolute Gasteiger partial charge is 0.491 e. The van der Waals surface area contributed by atoms with Gasteiger partial charge in [-0.2, -0.15) is 0 Å². The molecule has 2 N–H and O–H groups in total. The lowest BCUT2D eigenvalue weighted by molar-refractivity contribution is -0.134. The monoisotopic (exact) mass is 363 g/mol. The molecule has 1 rings (SSSR count). The molecule has 7 nitrogen and oxygen atoms in total. The molecule has 0 aliphatic rings. The predicted molar refractivity (Wildman–Crippen MR) is 100 cm³/mol. The third-order valence-electron chi connectivity index (χ3n) is 3.21. The predicted octanol–water partition coefficient (Wildman–Crippen LogP) is 1.58. The zero-order valence-electron chi connectivity index (χ0n) is 16.4. The Hall–Kier alpha value is -2.57. The van der Waals surface area contributed by atoms with Crippen molar-refractivity contribution < 1.29 is 19.1 Å². The van der Waals surface area contributed by atoms with E-state index in [2.05, 4.69) is 10.6 Å². The summed E-state index contributed by atoms with van der Waals surface area (Å²) in [5.41, 5.74) is 0.0720. The van der Waals surface area contributed by atoms with Gasteiger partial charge in [0.05, 0.1) is 19.2 Å². The molecule has 26 heavy (non-hydrogen) atoms. The molecule has 0 radical (unpaired) electrons. The van der Waals surface area contributed by atoms with Crippen LogP contribution in [0, 0.1) is 0 Å². The highest BCUT2D eigenvalue weighted by Gasteiger charge is 2.18. The minimum absolute atomic E-state index is 0.0540. The number of likely N-dealkylation sites (N-methyl/N-ethyl adjacent to an activating group) is 1. The second-order valence-electron chi connectivity index (χ2n) is 7.42. The number of amides is 3. The van der Waals surface area contributed by atoms with E-state index in [1.807, 2.05) is 34.6 Å². The number of carbonyl (C=O) groups is 3. The molecule has 1 aromatic carbocycles. The highest BCUT2D eigenvalue weighted by molar-refractivity contribution is 5.96. The minimum atomic E-state index is -0.360. The summed E-state index contributed by atoms with van der Waals surface area (Å²) in [6.45, 7) is 9.20. The van der Waals surface area contributed by atoms with E-state index in [0.29, 0.717) is 11.3 Å². The lowest BCUT2D eigenvalue weighted by Crippen LogP contribution is -2.47. The second-order valence-corrected chi connectivity index (χ2v) is 7.42. The third kappa shape index (κ3) is 8.00. The number of carbonyl (C=O) groups excluding carboxylic acids is 3. The fourth-order valence-corrected chi connectivity index (χ4v) is 2.11. The number of nitrogens with zero attached hydrogens (tertiary/aromatic N) is 1. The molecule has 0 aliphatic carbocycles. The standard InChI is InChI=1S/C19H29N3O4/c1-13(2)26-15-9-7-14(8-10-15)18(25)20-11-17(24)22(6)12-16(23)21-19(3,4)5/h7-10,13H,11-12H2,1-6H3,(H,20,25)(H,21,23). The van der Waals surface area contributed by atoms with Gasteiger partial charge in [-0.05, 0) is 58.9 Å². The molecular formula is C19H29N3O4. The number of rotatable bonds is 7. The van der Waals surface area contributed by atoms with Crippen LogP contribution in [0.3, 0.4) is 0 Å². The fraction of sp³-hybridized carbons (Fsp3) is 0.526. The third-order valence-corrected chi connectivity index (χ3v) is 3.21. The molecule has 3 amide bonds. The van der Waals surface area contributed by atoms with Gasteiger partial charge in [0.2, 0.25) is 11.8 Å². The van der Waals surface area contributed by atoms with E-state index in [-0.39, 0.29) is 42.5 Å². The lowest BCUT2D eigenvalue weighted by Gasteiger charge is -2.23. The molecule has 0 saturated carbocycles. The maximum Gasteiger partial charge on any atom is 0.251 e. The van der Waals surface area contributed by atoms with Crippen LogP contribution in [-0.2, 0) is 9.59 Å². The van der Waals surface area contributed by atoms with Crippen molar-refractivity contribution >= 4 is 17.7 Å². The van der Waals surface area contributed by atoms with Crippen molar-refractivity contribution in [2.24, 2.45) is 0 Å². The van der Waals surface area contributed by atoms with E-state index >= 15 is 0 Å². The zero-order chi connectivity index (χ0) is 19.9. The van der Waals surface area contributed by atoms with Gasteiger partial charge in [0, 0.05) is 18.2 Å². The number of hydrogen-bond acceptors (Lipinski definition) is 4. The van der Waals surface area contributed by atoms with Crippen molar-refractivity contribution in [3.05, 3.63) is 29.8 Å². The van der Waals surface area contributed by atoms with Gasteiger partial charge in [0.15, 0.2) is 0 Å². The molecule has 0 spiro atoms. The van der Waals surface area contributed by atoms with Crippen LogP contribution >= 0.6 is 0 Å². The molecule has 7 heteroatoms. The van der Waals surface area contributed by atoms with Crippen molar-refractivity contribution in [3.8, 4) is 5.75 Å². The van der Waals surface area contributed by atoms with Crippen LogP contribution in [0.15, 0.2) is 24.3 Å². The van der Waals surface area contributed by atoms with Crippen LogP contribution in [0.4, 0.5) is 0 Å². The van der Waals surface area contributed by atoms with Crippen LogP contribution in [0.25, 0.3) is 0 Å². The Morgan fingerprint density at radius 1 is 1.12 bits per heavy atom. The number of ether oxygens (including phenoxy) is 1. The van der Waals surface area contributed by atoms with Crippen molar-refractivity contribution in [2.45, 2.75) is 46.3 Å². The maximum absolute atomic E-state index is 12.1. The molecule has 1 aromatic rings. The average Bonchev–Trinajstić information content (AvgIpc) is 2.50. The first-order valence-corrected chi connectivity index (χ1v) is 8.58. The molecule has 144 valence electrons. The first-order chi connectivity index (χ1) is 12.0. The van der Waals surface area contributed by atoms with Crippen molar-refractivity contribution in [2.75, 3.05) is 20.1 Å². The number of nitrogens with one attached hydrogen (secondary N) is 2. The molecule has 0 heterocycles. The van der Waals surface area contributed by atoms with Gasteiger partial charge in [-0.1, -0.05) is 0 Å². The highest BCUT2D eigenvalue weighted by atomic mass is 16.5. The summed E-state index contributed by atoms with van der Waals surface area (Å²) < 4.78 is 5.52. The first kappa shape index (κ1) is 21.5. The average molecular weight is 363 g/mol. The Bertz CT molecular complexity index is 633. The maximum atomic E-state index is 12.1. The second kappa shape index (κ2) is 9.22. The lowest BCUT2D eigenvalue weighted by atomic mass is 10.1. The smallest absolute Gasteiger partial charge is 0.251 e. The van der Waals surface area contributed by atoms with Crippen LogP contribution < -0.4 is 15.4 Å². The van der Waals surface area contributed by atoms with E-state index < -0.39 is 0 Å². The molecule has 0 bridgehead atoms. The summed E-state index contributed by atoms with van der Waals surface area (Å²) in [7, 11) is 1.52. The Morgan fingerprint density at radius 3 is 2.19 bits per heavy atom. The molecule has 0 fully saturated rings. The van der Waals surface area contributed by atoms with Crippen molar-refractivity contribution in [3.63, 3.8) is 0 Å². The molecule has 0 unspecified atom stereocenters. The van der Waals surface area contributed by atoms with Gasteiger partial charge in [-0.15, -0.1) is 0 Å². The van der Waals surface area contributed by atoms with Crippen LogP contribution in [0.1, 0.15) is 45.0 Å². The van der Waals surface area contributed by atoms with Gasteiger partial charge < -0.3 is 20.3 Å². The summed E-state index contributed by atoms with van der Waals surface area (Å²) in [6.07, 6.45) is 0.0540. The molecule has 0 atom stereocenters. The van der Waals surface area contributed by atoms with Gasteiger partial charge in [0.1, 0.15) is 5.75 Å². The van der Waals surface area contributed by atoms with Crippen LogP contribution in [-0.4, -0.2) is 54.4 Å². The van der Waals surface area contributed by atoms with Gasteiger partial charge in [-0.25, -0.2) is 0 Å². The molecular weight excluding hydrogens is 334 g/mol. The summed E-state index contributed by atoms with van der Waals surface area (Å²) >= 11 is 0. The molecule has 0 saturated heterocycles. The minimum Gasteiger partial charge on any atom is -0.491 e. The summed E-state index contributed by atoms with van der Waals surface area (Å²) in [4.78, 5) is 37.3. The van der Waals surface area contributed by atoms with Crippen LogP contribution in [0.2, 0.25) is 0 Å². The Kier molecular flexibility index (Phi) is 7.61. The van der Waals surface area contributed by atoms with Gasteiger partial charge in [0.25, 0.3) is 5.91 Å². The summed E-state index contributed by atoms with van der Waals surface area (Å²) in [5, 5.41) is 5.34. The van der Waals surface area contributed by atoms with Crippen molar-refractivity contribution in [1.82, 2.24) is 15.5 Å². The van der Waals surface area contributed by atoms with E-state index in [1.54, 1.807) is 24.3 Å². The van der Waals surface area contributed by atoms with Crippen molar-refractivity contribution in [1.29, 1.82) is 0 Å². The fourth-order valence-electron chi connectivity index (χ4n) is 2.11. The van der Waals surface area contributed by atoms with Crippen LogP contribution in [0.5, 0.6) is 5.75 Å². The highest BCUT2D eigenvalue weighted by Crippen LogP contribution is 2.13. The Labute approximate surface area is 155 Å². The Morgan fingerprint density at radius 2 is 1.69 bits per heavy atom. The quantitative estimate of drug-likeness (QED) is 0.770. The normalized spacial score (nSPS) is 11.0. The summed E-state index contributed by atoms with van der Waals surface area (Å²) in [6, 6.07) is 6.69. The summed E-state index contributed by atoms with van der Waals surface area (Å²) in [5.74, 6) is -0.276. The van der Waals surface area contributed by atoms with Gasteiger partial charge >= 0.3 is 0 Å². The first-order valence-electron chi connectivity index (χ1n) is 8.58. The topological polar surface area (TPSA) is 87.7 Å². The number of benzene rings is 1. The SMILES string of the molecule is CC(C)Oc1ccc(C(=O)NCC(=O)N(C)CC(=O)NC(C)(C)C)cc1. The molecule has 0 aliphatic heterocycles. The number of hydrogen-bond donors (Lipinski definition) is 2. The van der Waals surface area contributed by atoms with E-state index in [9.17, 15) is 14.4 Å². The van der Waals surface area contributed by atoms with Gasteiger partial charge in [-0.3, -0.25) is 14.4 Å². The zero-order valence-corrected chi connectivity index (χ0v) is 16.4. The van der Waals surface area contributed by atoms with E-state index in [4.69, 9.17) is 4.74 Å². The Balaban J connectivity index is 2.48. The van der Waals surface area contributed by atoms with E-state index in [1.165, 1.54) is 11.9 Å². The van der Waals surface area contributed by atoms with E-state index in [0.717, 1.165) is 0 Å².